The lowest BCUT2D eigenvalue weighted by molar-refractivity contribution is 0.0691. The van der Waals surface area contributed by atoms with E-state index in [0.29, 0.717) is 10.3 Å². The fourth-order valence-electron chi connectivity index (χ4n) is 2.36. The highest BCUT2D eigenvalue weighted by Gasteiger charge is 2.25. The molecular formula is C13H19N3O3S2. The minimum absolute atomic E-state index is 0.0164. The fourth-order valence-corrected chi connectivity index (χ4v) is 3.95. The molecule has 2 rings (SSSR count). The van der Waals surface area contributed by atoms with E-state index in [1.807, 2.05) is 11.8 Å². The predicted octanol–water partition coefficient (Wildman–Crippen LogP) is 2.49. The molecule has 0 spiro atoms. The Labute approximate surface area is 131 Å². The van der Waals surface area contributed by atoms with Gasteiger partial charge in [0, 0.05) is 16.7 Å². The smallest absolute Gasteiger partial charge is 0.355 e. The van der Waals surface area contributed by atoms with E-state index in [1.54, 1.807) is 6.92 Å². The Bertz CT molecular complexity index is 521. The fraction of sp³-hybridized carbons (Fsp3) is 0.615. The van der Waals surface area contributed by atoms with E-state index in [9.17, 15) is 9.59 Å². The number of hydrogen-bond donors (Lipinski definition) is 3. The third-order valence-corrected chi connectivity index (χ3v) is 5.63. The molecule has 3 unspecified atom stereocenters. The maximum Gasteiger partial charge on any atom is 0.355 e. The molecule has 3 atom stereocenters. The highest BCUT2D eigenvalue weighted by Crippen LogP contribution is 2.28. The molecular weight excluding hydrogens is 310 g/mol. The zero-order valence-corrected chi connectivity index (χ0v) is 13.6. The van der Waals surface area contributed by atoms with Crippen LogP contribution in [0.4, 0.5) is 4.79 Å². The first-order chi connectivity index (χ1) is 9.99. The van der Waals surface area contributed by atoms with Crippen molar-refractivity contribution in [1.82, 2.24) is 15.6 Å². The lowest BCUT2D eigenvalue weighted by Crippen LogP contribution is -2.42. The summed E-state index contributed by atoms with van der Waals surface area (Å²) in [6.07, 6.45) is 5.24. The number of thioether (sulfide) groups is 1. The molecule has 1 fully saturated rings. The van der Waals surface area contributed by atoms with Gasteiger partial charge in [-0.2, -0.15) is 11.8 Å². The van der Waals surface area contributed by atoms with E-state index in [4.69, 9.17) is 5.11 Å². The molecule has 21 heavy (non-hydrogen) atoms. The molecule has 0 aromatic carbocycles. The predicted molar refractivity (Wildman–Crippen MR) is 84.1 cm³/mol. The summed E-state index contributed by atoms with van der Waals surface area (Å²) >= 11 is 3.08. The average molecular weight is 329 g/mol. The Morgan fingerprint density at radius 2 is 2.29 bits per heavy atom. The Morgan fingerprint density at radius 1 is 1.52 bits per heavy atom. The summed E-state index contributed by atoms with van der Waals surface area (Å²) in [5.74, 6) is -1.05. The summed E-state index contributed by atoms with van der Waals surface area (Å²) in [6.45, 7) is 1.80. The summed E-state index contributed by atoms with van der Waals surface area (Å²) in [5, 5.41) is 17.3. The maximum atomic E-state index is 11.9. The van der Waals surface area contributed by atoms with E-state index in [-0.39, 0.29) is 23.8 Å². The van der Waals surface area contributed by atoms with Gasteiger partial charge in [0.2, 0.25) is 0 Å². The quantitative estimate of drug-likeness (QED) is 0.772. The van der Waals surface area contributed by atoms with Gasteiger partial charge in [-0.05, 0) is 32.4 Å². The van der Waals surface area contributed by atoms with Gasteiger partial charge in [-0.15, -0.1) is 11.3 Å². The number of amides is 2. The molecule has 0 radical (unpaired) electrons. The first kappa shape index (κ1) is 16.1. The summed E-state index contributed by atoms with van der Waals surface area (Å²) in [7, 11) is 0. The molecule has 1 aromatic rings. The lowest BCUT2D eigenvalue weighted by atomic mass is 10.2. The molecule has 3 N–H and O–H groups in total. The topological polar surface area (TPSA) is 91.3 Å². The molecule has 2 amide bonds. The molecule has 0 aliphatic heterocycles. The van der Waals surface area contributed by atoms with Gasteiger partial charge in [0.15, 0.2) is 5.69 Å². The third-order valence-electron chi connectivity index (χ3n) is 3.51. The Balaban J connectivity index is 1.83. The number of aromatic carboxylic acids is 1. The SMILES string of the molecule is CSC1CCC(NC(=O)NC(C)c2nc(C(=O)O)cs2)C1. The van der Waals surface area contributed by atoms with E-state index in [1.165, 1.54) is 16.7 Å². The van der Waals surface area contributed by atoms with E-state index < -0.39 is 5.97 Å². The highest BCUT2D eigenvalue weighted by molar-refractivity contribution is 7.99. The summed E-state index contributed by atoms with van der Waals surface area (Å²) in [4.78, 5) is 26.7. The first-order valence-electron chi connectivity index (χ1n) is 6.78. The zero-order valence-electron chi connectivity index (χ0n) is 12.0. The van der Waals surface area contributed by atoms with Crippen molar-refractivity contribution in [2.45, 2.75) is 43.5 Å². The number of thiazole rings is 1. The Morgan fingerprint density at radius 3 is 2.86 bits per heavy atom. The normalized spacial score (nSPS) is 22.8. The van der Waals surface area contributed by atoms with Crippen molar-refractivity contribution in [3.63, 3.8) is 0 Å². The number of carboxylic acids is 1. The number of urea groups is 1. The Kier molecular flexibility index (Phi) is 5.46. The molecule has 6 nitrogen and oxygen atoms in total. The monoisotopic (exact) mass is 329 g/mol. The minimum Gasteiger partial charge on any atom is -0.476 e. The van der Waals surface area contributed by atoms with Crippen molar-refractivity contribution < 1.29 is 14.7 Å². The largest absolute Gasteiger partial charge is 0.476 e. The van der Waals surface area contributed by atoms with E-state index in [2.05, 4.69) is 21.9 Å². The molecule has 1 aliphatic rings. The first-order valence-corrected chi connectivity index (χ1v) is 8.95. The average Bonchev–Trinajstić information content (AvgIpc) is 3.06. The molecule has 1 saturated carbocycles. The second-order valence-corrected chi connectivity index (χ2v) is 7.11. The maximum absolute atomic E-state index is 11.9. The summed E-state index contributed by atoms with van der Waals surface area (Å²) in [5.41, 5.74) is 0.0164. The van der Waals surface area contributed by atoms with Crippen LogP contribution in [-0.4, -0.2) is 39.6 Å². The summed E-state index contributed by atoms with van der Waals surface area (Å²) < 4.78 is 0. The number of hydrogen-bond acceptors (Lipinski definition) is 5. The highest BCUT2D eigenvalue weighted by atomic mass is 32.2. The van der Waals surface area contributed by atoms with Crippen LogP contribution in [0.15, 0.2) is 5.38 Å². The van der Waals surface area contributed by atoms with Crippen LogP contribution in [-0.2, 0) is 0 Å². The van der Waals surface area contributed by atoms with Crippen molar-refractivity contribution >= 4 is 35.1 Å². The van der Waals surface area contributed by atoms with Crippen LogP contribution in [0.2, 0.25) is 0 Å². The molecule has 1 aromatic heterocycles. The van der Waals surface area contributed by atoms with Crippen molar-refractivity contribution in [2.75, 3.05) is 6.26 Å². The van der Waals surface area contributed by atoms with Crippen molar-refractivity contribution in [3.8, 4) is 0 Å². The number of rotatable bonds is 5. The van der Waals surface area contributed by atoms with Crippen molar-refractivity contribution in [2.24, 2.45) is 0 Å². The number of carbonyl (C=O) groups excluding carboxylic acids is 1. The van der Waals surface area contributed by atoms with Gasteiger partial charge in [0.05, 0.1) is 6.04 Å². The number of nitrogens with zero attached hydrogens (tertiary/aromatic N) is 1. The number of aromatic nitrogens is 1. The number of carboxylic acid groups (broad SMARTS) is 1. The van der Waals surface area contributed by atoms with Gasteiger partial charge >= 0.3 is 12.0 Å². The molecule has 1 aliphatic carbocycles. The Hall–Kier alpha value is -1.28. The second-order valence-electron chi connectivity index (χ2n) is 5.08. The van der Waals surface area contributed by atoms with Crippen LogP contribution in [0, 0.1) is 0 Å². The third kappa shape index (κ3) is 4.34. The van der Waals surface area contributed by atoms with Crippen molar-refractivity contribution in [3.05, 3.63) is 16.1 Å². The van der Waals surface area contributed by atoms with E-state index >= 15 is 0 Å². The number of carbonyl (C=O) groups is 2. The van der Waals surface area contributed by atoms with Crippen LogP contribution < -0.4 is 10.6 Å². The second kappa shape index (κ2) is 7.13. The van der Waals surface area contributed by atoms with Crippen LogP contribution in [0.25, 0.3) is 0 Å². The van der Waals surface area contributed by atoms with Gasteiger partial charge in [-0.3, -0.25) is 0 Å². The summed E-state index contributed by atoms with van der Waals surface area (Å²) in [6, 6.07) is -0.303. The van der Waals surface area contributed by atoms with Crippen LogP contribution in [0.1, 0.15) is 47.7 Å². The zero-order chi connectivity index (χ0) is 15.4. The van der Waals surface area contributed by atoms with Crippen LogP contribution >= 0.6 is 23.1 Å². The standard InChI is InChI=1S/C13H19N3O3S2/c1-7(11-16-10(6-21-11)12(17)18)14-13(19)15-8-3-4-9(5-8)20-2/h6-9H,3-5H2,1-2H3,(H,17,18)(H2,14,15,19). The molecule has 0 saturated heterocycles. The molecule has 1 heterocycles. The van der Waals surface area contributed by atoms with Crippen LogP contribution in [0.3, 0.4) is 0 Å². The number of nitrogens with one attached hydrogen (secondary N) is 2. The van der Waals surface area contributed by atoms with Crippen LogP contribution in [0.5, 0.6) is 0 Å². The van der Waals surface area contributed by atoms with Gasteiger partial charge in [0.1, 0.15) is 5.01 Å². The lowest BCUT2D eigenvalue weighted by Gasteiger charge is -2.16. The van der Waals surface area contributed by atoms with Gasteiger partial charge < -0.3 is 15.7 Å². The molecule has 8 heteroatoms. The van der Waals surface area contributed by atoms with E-state index in [0.717, 1.165) is 19.3 Å². The van der Waals surface area contributed by atoms with Crippen molar-refractivity contribution in [1.29, 1.82) is 0 Å². The molecule has 0 bridgehead atoms. The minimum atomic E-state index is -1.05. The van der Waals surface area contributed by atoms with Gasteiger partial charge in [-0.1, -0.05) is 0 Å². The molecule has 116 valence electrons. The van der Waals surface area contributed by atoms with Gasteiger partial charge in [0.25, 0.3) is 0 Å². The van der Waals surface area contributed by atoms with Gasteiger partial charge in [-0.25, -0.2) is 14.6 Å².